The third-order valence-corrected chi connectivity index (χ3v) is 2.98. The molecule has 0 unspecified atom stereocenters. The first-order valence-corrected chi connectivity index (χ1v) is 6.13. The second kappa shape index (κ2) is 4.89. The summed E-state index contributed by atoms with van der Waals surface area (Å²) in [6, 6.07) is 5.46. The Labute approximate surface area is 112 Å². The van der Waals surface area contributed by atoms with E-state index in [0.717, 1.165) is 15.4 Å². The van der Waals surface area contributed by atoms with E-state index in [1.165, 1.54) is 11.6 Å². The van der Waals surface area contributed by atoms with Gasteiger partial charge in [0.1, 0.15) is 12.3 Å². The first-order chi connectivity index (χ1) is 8.47. The van der Waals surface area contributed by atoms with Crippen molar-refractivity contribution in [2.24, 2.45) is 0 Å². The summed E-state index contributed by atoms with van der Waals surface area (Å²) in [5.41, 5.74) is 1.33. The van der Waals surface area contributed by atoms with Crippen LogP contribution in [0.25, 0.3) is 10.9 Å². The lowest BCUT2D eigenvalue weighted by Gasteiger charge is -1.98. The lowest BCUT2D eigenvalue weighted by atomic mass is 10.1. The van der Waals surface area contributed by atoms with Crippen LogP contribution < -0.4 is 0 Å². The fraction of sp³-hybridized carbons (Fsp3) is 0.250. The summed E-state index contributed by atoms with van der Waals surface area (Å²) in [6.45, 7) is 1.27. The third kappa shape index (κ3) is 2.59. The summed E-state index contributed by atoms with van der Waals surface area (Å²) >= 11 is 3.35. The van der Waals surface area contributed by atoms with Gasteiger partial charge in [0, 0.05) is 9.86 Å². The summed E-state index contributed by atoms with van der Waals surface area (Å²) in [7, 11) is 0. The molecule has 0 aliphatic carbocycles. The Hall–Kier alpha value is -1.69. The summed E-state index contributed by atoms with van der Waals surface area (Å²) in [5, 5.41) is 13.8. The highest BCUT2D eigenvalue weighted by molar-refractivity contribution is 9.10. The van der Waals surface area contributed by atoms with Crippen molar-refractivity contribution >= 4 is 38.6 Å². The second-order valence-corrected chi connectivity index (χ2v) is 4.95. The van der Waals surface area contributed by atoms with Crippen LogP contribution in [-0.2, 0) is 22.6 Å². The largest absolute Gasteiger partial charge is 0.480 e. The molecule has 0 radical (unpaired) electrons. The molecule has 5 nitrogen and oxygen atoms in total. The number of fused-ring (bicyclic) bond motifs is 1. The maximum Gasteiger partial charge on any atom is 0.325 e. The molecule has 1 aromatic carbocycles. The van der Waals surface area contributed by atoms with Crippen molar-refractivity contribution in [3.8, 4) is 0 Å². The monoisotopic (exact) mass is 310 g/mol. The number of hydrogen-bond donors (Lipinski definition) is 1. The van der Waals surface area contributed by atoms with E-state index >= 15 is 0 Å². The van der Waals surface area contributed by atoms with Gasteiger partial charge >= 0.3 is 5.97 Å². The first-order valence-electron chi connectivity index (χ1n) is 5.33. The van der Waals surface area contributed by atoms with Crippen LogP contribution in [0.1, 0.15) is 12.6 Å². The molecular formula is C12H11BrN2O3. The number of carbonyl (C=O) groups is 2. The molecule has 0 spiro atoms. The number of aliphatic carboxylic acids is 1. The van der Waals surface area contributed by atoms with E-state index in [4.69, 9.17) is 5.11 Å². The highest BCUT2D eigenvalue weighted by Gasteiger charge is 2.14. The highest BCUT2D eigenvalue weighted by Crippen LogP contribution is 2.23. The van der Waals surface area contributed by atoms with Gasteiger partial charge < -0.3 is 5.11 Å². The number of rotatable bonds is 4. The smallest absolute Gasteiger partial charge is 0.325 e. The van der Waals surface area contributed by atoms with Gasteiger partial charge in [-0.25, -0.2) is 0 Å². The molecule has 2 aromatic rings. The lowest BCUT2D eigenvalue weighted by Crippen LogP contribution is -2.10. The summed E-state index contributed by atoms with van der Waals surface area (Å²) in [6.07, 6.45) is 0.208. The number of nitrogens with zero attached hydrogens (tertiary/aromatic N) is 2. The average Bonchev–Trinajstić information content (AvgIpc) is 2.54. The molecule has 0 atom stereocenters. The molecule has 2 rings (SSSR count). The van der Waals surface area contributed by atoms with Crippen molar-refractivity contribution < 1.29 is 14.7 Å². The van der Waals surface area contributed by atoms with Gasteiger partial charge in [-0.3, -0.25) is 14.3 Å². The zero-order chi connectivity index (χ0) is 13.3. The molecule has 0 aliphatic rings. The van der Waals surface area contributed by atoms with Crippen molar-refractivity contribution in [3.05, 3.63) is 28.4 Å². The minimum atomic E-state index is -0.961. The van der Waals surface area contributed by atoms with E-state index in [-0.39, 0.29) is 18.7 Å². The Morgan fingerprint density at radius 2 is 2.17 bits per heavy atom. The van der Waals surface area contributed by atoms with Crippen LogP contribution in [0.15, 0.2) is 22.7 Å². The first kappa shape index (κ1) is 12.8. The Kier molecular flexibility index (Phi) is 3.47. The molecule has 1 N–H and O–H groups in total. The van der Waals surface area contributed by atoms with Crippen molar-refractivity contribution in [1.29, 1.82) is 0 Å². The average molecular weight is 311 g/mol. The Morgan fingerprint density at radius 1 is 1.44 bits per heavy atom. The zero-order valence-electron chi connectivity index (χ0n) is 9.68. The van der Waals surface area contributed by atoms with Gasteiger partial charge in [0.15, 0.2) is 0 Å². The van der Waals surface area contributed by atoms with E-state index in [1.807, 2.05) is 12.1 Å². The Balaban J connectivity index is 2.59. The van der Waals surface area contributed by atoms with E-state index in [0.29, 0.717) is 5.69 Å². The van der Waals surface area contributed by atoms with Crippen molar-refractivity contribution in [2.75, 3.05) is 0 Å². The fourth-order valence-electron chi connectivity index (χ4n) is 1.83. The van der Waals surface area contributed by atoms with Gasteiger partial charge in [0.2, 0.25) is 0 Å². The van der Waals surface area contributed by atoms with Crippen LogP contribution >= 0.6 is 15.9 Å². The molecule has 0 saturated heterocycles. The topological polar surface area (TPSA) is 72.2 Å². The van der Waals surface area contributed by atoms with Crippen LogP contribution in [0.3, 0.4) is 0 Å². The zero-order valence-corrected chi connectivity index (χ0v) is 11.3. The van der Waals surface area contributed by atoms with Crippen molar-refractivity contribution in [1.82, 2.24) is 9.78 Å². The van der Waals surface area contributed by atoms with Crippen LogP contribution in [-0.4, -0.2) is 26.6 Å². The number of halogens is 1. The SMILES string of the molecule is CC(=O)Cc1nn(CC(=O)O)c2ccc(Br)cc12. The Morgan fingerprint density at radius 3 is 2.78 bits per heavy atom. The molecule has 1 aromatic heterocycles. The van der Waals surface area contributed by atoms with Gasteiger partial charge in [-0.05, 0) is 25.1 Å². The molecular weight excluding hydrogens is 300 g/mol. The number of Topliss-reactive ketones (excluding diaryl/α,β-unsaturated/α-hetero) is 1. The molecule has 0 fully saturated rings. The van der Waals surface area contributed by atoms with E-state index in [9.17, 15) is 9.59 Å². The van der Waals surface area contributed by atoms with Crippen LogP contribution in [0.2, 0.25) is 0 Å². The summed E-state index contributed by atoms with van der Waals surface area (Å²) in [5.74, 6) is -0.964. The predicted molar refractivity (Wildman–Crippen MR) is 69.5 cm³/mol. The van der Waals surface area contributed by atoms with Gasteiger partial charge in [0.05, 0.1) is 17.6 Å². The van der Waals surface area contributed by atoms with Crippen molar-refractivity contribution in [3.63, 3.8) is 0 Å². The fourth-order valence-corrected chi connectivity index (χ4v) is 2.19. The van der Waals surface area contributed by atoms with Gasteiger partial charge in [-0.15, -0.1) is 0 Å². The molecule has 18 heavy (non-hydrogen) atoms. The van der Waals surface area contributed by atoms with Crippen LogP contribution in [0.4, 0.5) is 0 Å². The lowest BCUT2D eigenvalue weighted by molar-refractivity contribution is -0.137. The molecule has 1 heterocycles. The molecule has 6 heteroatoms. The van der Waals surface area contributed by atoms with E-state index in [2.05, 4.69) is 21.0 Å². The Bertz CT molecular complexity index is 634. The number of aromatic nitrogens is 2. The van der Waals surface area contributed by atoms with E-state index < -0.39 is 5.97 Å². The van der Waals surface area contributed by atoms with E-state index in [1.54, 1.807) is 6.07 Å². The minimum absolute atomic E-state index is 0.00292. The van der Waals surface area contributed by atoms with Crippen LogP contribution in [0.5, 0.6) is 0 Å². The number of hydrogen-bond acceptors (Lipinski definition) is 3. The quantitative estimate of drug-likeness (QED) is 0.937. The highest BCUT2D eigenvalue weighted by atomic mass is 79.9. The number of benzene rings is 1. The second-order valence-electron chi connectivity index (χ2n) is 4.04. The molecule has 0 amide bonds. The summed E-state index contributed by atoms with van der Waals surface area (Å²) in [4.78, 5) is 22.0. The van der Waals surface area contributed by atoms with Crippen molar-refractivity contribution in [2.45, 2.75) is 19.9 Å². The summed E-state index contributed by atoms with van der Waals surface area (Å²) < 4.78 is 2.28. The molecule has 0 bridgehead atoms. The maximum atomic E-state index is 11.2. The third-order valence-electron chi connectivity index (χ3n) is 2.49. The number of ketones is 1. The van der Waals surface area contributed by atoms with Gasteiger partial charge in [0.25, 0.3) is 0 Å². The standard InChI is InChI=1S/C12H11BrN2O3/c1-7(16)4-10-9-5-8(13)2-3-11(9)15(14-10)6-12(17)18/h2-3,5H,4,6H2,1H3,(H,17,18). The number of carbonyl (C=O) groups excluding carboxylic acids is 1. The molecule has 0 saturated carbocycles. The van der Waals surface area contributed by atoms with Gasteiger partial charge in [-0.2, -0.15) is 5.10 Å². The minimum Gasteiger partial charge on any atom is -0.480 e. The molecule has 0 aliphatic heterocycles. The van der Waals surface area contributed by atoms with Crippen LogP contribution in [0, 0.1) is 0 Å². The number of carboxylic acids is 1. The predicted octanol–water partition coefficient (Wildman–Crippen LogP) is 2.01. The normalized spacial score (nSPS) is 10.8. The maximum absolute atomic E-state index is 11.2. The number of carboxylic acid groups (broad SMARTS) is 1. The van der Waals surface area contributed by atoms with Gasteiger partial charge in [-0.1, -0.05) is 15.9 Å². The molecule has 94 valence electrons.